The number of hydrogen-bond acceptors (Lipinski definition) is 6. The van der Waals surface area contributed by atoms with Gasteiger partial charge in [-0.2, -0.15) is 0 Å². The number of likely N-dealkylation sites (N-methyl/N-ethyl adjacent to an activating group) is 1. The quantitative estimate of drug-likeness (QED) is 0.692. The normalized spacial score (nSPS) is 20.6. The molecule has 0 aromatic carbocycles. The molecule has 1 saturated heterocycles. The molecule has 0 bridgehead atoms. The van der Waals surface area contributed by atoms with E-state index in [1.165, 1.54) is 0 Å². The number of ether oxygens (including phenoxy) is 1. The number of carboxylic acid groups (broad SMARTS) is 1. The summed E-state index contributed by atoms with van der Waals surface area (Å²) in [7, 11) is 2.03. The van der Waals surface area contributed by atoms with Gasteiger partial charge in [0.05, 0.1) is 24.9 Å². The average Bonchev–Trinajstić information content (AvgIpc) is 2.73. The highest BCUT2D eigenvalue weighted by atomic mass is 16.5. The second-order valence-electron chi connectivity index (χ2n) is 4.67. The van der Waals surface area contributed by atoms with Crippen LogP contribution in [0.3, 0.4) is 0 Å². The first-order valence-electron chi connectivity index (χ1n) is 6.27. The van der Waals surface area contributed by atoms with Crippen molar-refractivity contribution in [3.05, 3.63) is 11.4 Å². The van der Waals surface area contributed by atoms with Gasteiger partial charge in [0.25, 0.3) is 0 Å². The van der Waals surface area contributed by atoms with Crippen LogP contribution in [0.1, 0.15) is 16.2 Å². The van der Waals surface area contributed by atoms with Gasteiger partial charge in [0.15, 0.2) is 5.69 Å². The first kappa shape index (κ1) is 13.9. The molecule has 0 amide bonds. The smallest absolute Gasteiger partial charge is 0.358 e. The molecule has 1 unspecified atom stereocenters. The van der Waals surface area contributed by atoms with Gasteiger partial charge >= 0.3 is 5.97 Å². The summed E-state index contributed by atoms with van der Waals surface area (Å²) in [6.07, 6.45) is 0.440. The second kappa shape index (κ2) is 6.09. The summed E-state index contributed by atoms with van der Waals surface area (Å²) in [6, 6.07) is 0. The molecule has 1 aromatic rings. The maximum absolute atomic E-state index is 11.1. The van der Waals surface area contributed by atoms with E-state index in [2.05, 4.69) is 15.2 Å². The molecule has 1 aromatic heterocycles. The number of carbonyl (C=O) groups is 1. The lowest BCUT2D eigenvalue weighted by molar-refractivity contribution is -0.0296. The monoisotopic (exact) mass is 269 g/mol. The maximum Gasteiger partial charge on any atom is 0.358 e. The third kappa shape index (κ3) is 3.28. The Labute approximate surface area is 111 Å². The van der Waals surface area contributed by atoms with Gasteiger partial charge < -0.3 is 20.5 Å². The first-order valence-corrected chi connectivity index (χ1v) is 6.27. The van der Waals surface area contributed by atoms with Crippen LogP contribution in [0.15, 0.2) is 0 Å². The van der Waals surface area contributed by atoms with Gasteiger partial charge in [-0.25, -0.2) is 9.48 Å². The van der Waals surface area contributed by atoms with Gasteiger partial charge in [-0.15, -0.1) is 5.10 Å². The fraction of sp³-hybridized carbons (Fsp3) is 0.727. The van der Waals surface area contributed by atoms with Crippen molar-refractivity contribution < 1.29 is 14.6 Å². The molecule has 2 rings (SSSR count). The molecule has 1 aliphatic rings. The van der Waals surface area contributed by atoms with Crippen LogP contribution in [-0.2, 0) is 17.7 Å². The number of aromatic carboxylic acids is 1. The minimum absolute atomic E-state index is 0.00128. The molecule has 0 aliphatic carbocycles. The minimum atomic E-state index is -1.07. The molecular formula is C11H19N5O3. The van der Waals surface area contributed by atoms with Crippen LogP contribution in [0.5, 0.6) is 0 Å². The summed E-state index contributed by atoms with van der Waals surface area (Å²) < 4.78 is 7.24. The number of nitrogens with zero attached hydrogens (tertiary/aromatic N) is 4. The van der Waals surface area contributed by atoms with E-state index < -0.39 is 5.97 Å². The highest BCUT2D eigenvalue weighted by Gasteiger charge is 2.23. The van der Waals surface area contributed by atoms with Gasteiger partial charge in [-0.05, 0) is 13.6 Å². The molecule has 3 N–H and O–H groups in total. The number of hydrogen-bond donors (Lipinski definition) is 2. The van der Waals surface area contributed by atoms with E-state index in [1.54, 1.807) is 4.68 Å². The zero-order valence-corrected chi connectivity index (χ0v) is 10.9. The van der Waals surface area contributed by atoms with Gasteiger partial charge in [-0.1, -0.05) is 5.21 Å². The zero-order valence-electron chi connectivity index (χ0n) is 10.9. The molecule has 1 atom stereocenters. The van der Waals surface area contributed by atoms with Crippen LogP contribution in [0.25, 0.3) is 0 Å². The molecule has 1 fully saturated rings. The van der Waals surface area contributed by atoms with Gasteiger partial charge in [0.2, 0.25) is 0 Å². The molecule has 1 aliphatic heterocycles. The molecule has 0 saturated carbocycles. The summed E-state index contributed by atoms with van der Waals surface area (Å²) in [5.74, 6) is -1.07. The first-order chi connectivity index (χ1) is 9.11. The van der Waals surface area contributed by atoms with Gasteiger partial charge in [0, 0.05) is 19.5 Å². The standard InChI is InChI=1S/C11H19N5O3/c1-15-4-5-19-8(6-15)7-16-9(2-3-12)10(11(17)18)13-14-16/h8H,2-7,12H2,1H3,(H,17,18). The van der Waals surface area contributed by atoms with Crippen molar-refractivity contribution in [3.8, 4) is 0 Å². The molecule has 19 heavy (non-hydrogen) atoms. The van der Waals surface area contributed by atoms with E-state index in [4.69, 9.17) is 15.6 Å². The van der Waals surface area contributed by atoms with Gasteiger partial charge in [0.1, 0.15) is 0 Å². The Bertz CT molecular complexity index is 448. The van der Waals surface area contributed by atoms with Crippen molar-refractivity contribution in [2.75, 3.05) is 33.3 Å². The van der Waals surface area contributed by atoms with E-state index in [1.807, 2.05) is 7.05 Å². The fourth-order valence-electron chi connectivity index (χ4n) is 2.20. The lowest BCUT2D eigenvalue weighted by Gasteiger charge is -2.30. The number of aromatic nitrogens is 3. The molecular weight excluding hydrogens is 250 g/mol. The Balaban J connectivity index is 2.12. The van der Waals surface area contributed by atoms with E-state index in [-0.39, 0.29) is 11.8 Å². The molecule has 0 radical (unpaired) electrons. The average molecular weight is 269 g/mol. The summed E-state index contributed by atoms with van der Waals surface area (Å²) in [5, 5.41) is 16.7. The second-order valence-corrected chi connectivity index (χ2v) is 4.67. The number of carboxylic acids is 1. The van der Waals surface area contributed by atoms with Crippen molar-refractivity contribution in [1.29, 1.82) is 0 Å². The Morgan fingerprint density at radius 2 is 2.42 bits per heavy atom. The molecule has 8 heteroatoms. The van der Waals surface area contributed by atoms with Crippen molar-refractivity contribution >= 4 is 5.97 Å². The van der Waals surface area contributed by atoms with E-state index in [0.29, 0.717) is 31.8 Å². The maximum atomic E-state index is 11.1. The van der Waals surface area contributed by atoms with Crippen molar-refractivity contribution in [1.82, 2.24) is 19.9 Å². The summed E-state index contributed by atoms with van der Waals surface area (Å²) >= 11 is 0. The predicted octanol–water partition coefficient (Wildman–Crippen LogP) is -1.19. The Hall–Kier alpha value is -1.51. The third-order valence-corrected chi connectivity index (χ3v) is 3.14. The topological polar surface area (TPSA) is 106 Å². The summed E-state index contributed by atoms with van der Waals surface area (Å²) in [5.41, 5.74) is 6.05. The fourth-order valence-corrected chi connectivity index (χ4v) is 2.20. The van der Waals surface area contributed by atoms with Crippen LogP contribution in [0, 0.1) is 0 Å². The third-order valence-electron chi connectivity index (χ3n) is 3.14. The Morgan fingerprint density at radius 3 is 3.05 bits per heavy atom. The van der Waals surface area contributed by atoms with E-state index in [9.17, 15) is 4.79 Å². The van der Waals surface area contributed by atoms with E-state index in [0.717, 1.165) is 13.1 Å². The zero-order chi connectivity index (χ0) is 13.8. The van der Waals surface area contributed by atoms with Crippen LogP contribution < -0.4 is 5.73 Å². The van der Waals surface area contributed by atoms with Crippen LogP contribution >= 0.6 is 0 Å². The van der Waals surface area contributed by atoms with Crippen molar-refractivity contribution in [3.63, 3.8) is 0 Å². The highest BCUT2D eigenvalue weighted by Crippen LogP contribution is 2.10. The number of morpholine rings is 1. The Kier molecular flexibility index (Phi) is 4.46. The lowest BCUT2D eigenvalue weighted by atomic mass is 10.2. The van der Waals surface area contributed by atoms with Crippen LogP contribution in [0.2, 0.25) is 0 Å². The predicted molar refractivity (Wildman–Crippen MR) is 67.0 cm³/mol. The summed E-state index contributed by atoms with van der Waals surface area (Å²) in [6.45, 7) is 3.24. The molecule has 0 spiro atoms. The van der Waals surface area contributed by atoms with Crippen molar-refractivity contribution in [2.24, 2.45) is 5.73 Å². The van der Waals surface area contributed by atoms with Gasteiger partial charge in [-0.3, -0.25) is 0 Å². The van der Waals surface area contributed by atoms with Crippen molar-refractivity contribution in [2.45, 2.75) is 19.1 Å². The van der Waals surface area contributed by atoms with E-state index >= 15 is 0 Å². The highest BCUT2D eigenvalue weighted by molar-refractivity contribution is 5.86. The molecule has 8 nitrogen and oxygen atoms in total. The summed E-state index contributed by atoms with van der Waals surface area (Å²) in [4.78, 5) is 13.2. The van der Waals surface area contributed by atoms with Crippen LogP contribution in [0.4, 0.5) is 0 Å². The largest absolute Gasteiger partial charge is 0.476 e. The lowest BCUT2D eigenvalue weighted by Crippen LogP contribution is -2.42. The SMILES string of the molecule is CN1CCOC(Cn2nnc(C(=O)O)c2CCN)C1. The number of rotatable bonds is 5. The molecule has 2 heterocycles. The number of nitrogens with two attached hydrogens (primary N) is 1. The molecule has 106 valence electrons. The minimum Gasteiger partial charge on any atom is -0.476 e. The van der Waals surface area contributed by atoms with Crippen LogP contribution in [-0.4, -0.2) is 70.4 Å². The Morgan fingerprint density at radius 1 is 1.63 bits per heavy atom.